The standard InChI is InChI=1S/C18H21N5O3/c1-12(13-6-3-2-4-7-13)20-18(25)21-16-10-15-14(11-19-16)17(23-22-15)26-9-5-8-24/h2-4,6-7,10-12,24H,5,8-9H2,1H3,(H,22,23)(H2,19,20,21,25). The second-order valence-corrected chi connectivity index (χ2v) is 5.80. The number of aromatic amines is 1. The summed E-state index contributed by atoms with van der Waals surface area (Å²) in [5.74, 6) is 0.829. The number of fused-ring (bicyclic) bond motifs is 1. The van der Waals surface area contributed by atoms with Gasteiger partial charge in [0.1, 0.15) is 5.82 Å². The van der Waals surface area contributed by atoms with Gasteiger partial charge in [0.2, 0.25) is 5.88 Å². The molecule has 2 aromatic heterocycles. The molecular formula is C18H21N5O3. The maximum atomic E-state index is 12.2. The first-order chi connectivity index (χ1) is 12.7. The third kappa shape index (κ3) is 4.28. The average molecular weight is 355 g/mol. The Hall–Kier alpha value is -3.13. The van der Waals surface area contributed by atoms with Gasteiger partial charge < -0.3 is 15.2 Å². The number of urea groups is 1. The molecule has 0 saturated carbocycles. The van der Waals surface area contributed by atoms with Gasteiger partial charge in [0.25, 0.3) is 0 Å². The van der Waals surface area contributed by atoms with E-state index in [4.69, 9.17) is 9.84 Å². The lowest BCUT2D eigenvalue weighted by Crippen LogP contribution is -2.31. The van der Waals surface area contributed by atoms with Crippen LogP contribution in [0.1, 0.15) is 24.9 Å². The van der Waals surface area contributed by atoms with Gasteiger partial charge in [-0.05, 0) is 12.5 Å². The maximum Gasteiger partial charge on any atom is 0.320 e. The predicted molar refractivity (Wildman–Crippen MR) is 98.1 cm³/mol. The van der Waals surface area contributed by atoms with Crippen molar-refractivity contribution in [1.29, 1.82) is 0 Å². The van der Waals surface area contributed by atoms with E-state index in [2.05, 4.69) is 25.8 Å². The predicted octanol–water partition coefficient (Wildman–Crippen LogP) is 2.60. The minimum Gasteiger partial charge on any atom is -0.476 e. The molecule has 4 N–H and O–H groups in total. The summed E-state index contributed by atoms with van der Waals surface area (Å²) in [5.41, 5.74) is 1.72. The molecule has 8 heteroatoms. The van der Waals surface area contributed by atoms with Gasteiger partial charge in [0.05, 0.1) is 23.6 Å². The van der Waals surface area contributed by atoms with Crippen LogP contribution in [0.2, 0.25) is 0 Å². The highest BCUT2D eigenvalue weighted by atomic mass is 16.5. The highest BCUT2D eigenvalue weighted by molar-refractivity contribution is 5.92. The van der Waals surface area contributed by atoms with Crippen LogP contribution in [-0.2, 0) is 0 Å². The fraction of sp³-hybridized carbons (Fsp3) is 0.278. The number of anilines is 1. The van der Waals surface area contributed by atoms with Crippen LogP contribution in [0.15, 0.2) is 42.6 Å². The molecule has 3 rings (SSSR count). The fourth-order valence-corrected chi connectivity index (χ4v) is 2.48. The molecule has 2 heterocycles. The number of hydrogen-bond donors (Lipinski definition) is 4. The number of H-pyrrole nitrogens is 1. The zero-order valence-corrected chi connectivity index (χ0v) is 14.4. The van der Waals surface area contributed by atoms with Gasteiger partial charge in [-0.3, -0.25) is 10.4 Å². The highest BCUT2D eigenvalue weighted by Gasteiger charge is 2.12. The fourth-order valence-electron chi connectivity index (χ4n) is 2.48. The summed E-state index contributed by atoms with van der Waals surface area (Å²) in [6, 6.07) is 10.9. The third-order valence-corrected chi connectivity index (χ3v) is 3.84. The van der Waals surface area contributed by atoms with Crippen LogP contribution in [0.25, 0.3) is 10.9 Å². The number of aliphatic hydroxyl groups is 1. The van der Waals surface area contributed by atoms with Crippen molar-refractivity contribution in [2.75, 3.05) is 18.5 Å². The Kier molecular flexibility index (Phi) is 5.65. The lowest BCUT2D eigenvalue weighted by atomic mass is 10.1. The van der Waals surface area contributed by atoms with Crippen LogP contribution in [0.4, 0.5) is 10.6 Å². The van der Waals surface area contributed by atoms with E-state index in [9.17, 15) is 4.79 Å². The monoisotopic (exact) mass is 355 g/mol. The zero-order chi connectivity index (χ0) is 18.4. The van der Waals surface area contributed by atoms with E-state index in [1.54, 1.807) is 12.3 Å². The number of amides is 2. The van der Waals surface area contributed by atoms with Crippen molar-refractivity contribution in [2.45, 2.75) is 19.4 Å². The molecule has 26 heavy (non-hydrogen) atoms. The molecule has 0 fully saturated rings. The van der Waals surface area contributed by atoms with E-state index in [-0.39, 0.29) is 18.7 Å². The summed E-state index contributed by atoms with van der Waals surface area (Å²) in [4.78, 5) is 16.4. The number of rotatable bonds is 7. The highest BCUT2D eigenvalue weighted by Crippen LogP contribution is 2.23. The molecule has 0 saturated heterocycles. The molecule has 3 aromatic rings. The molecule has 8 nitrogen and oxygen atoms in total. The number of nitrogens with zero attached hydrogens (tertiary/aromatic N) is 2. The molecule has 0 aliphatic heterocycles. The SMILES string of the molecule is CC(NC(=O)Nc1cc2[nH]nc(OCCCO)c2cn1)c1ccccc1. The minimum atomic E-state index is -0.341. The first kappa shape index (κ1) is 17.7. The number of benzene rings is 1. The number of pyridine rings is 1. The summed E-state index contributed by atoms with van der Waals surface area (Å²) >= 11 is 0. The van der Waals surface area contributed by atoms with Crippen molar-refractivity contribution in [1.82, 2.24) is 20.5 Å². The van der Waals surface area contributed by atoms with Gasteiger partial charge in [0.15, 0.2) is 0 Å². The average Bonchev–Trinajstić information content (AvgIpc) is 3.05. The Balaban J connectivity index is 1.62. The van der Waals surface area contributed by atoms with Gasteiger partial charge in [0, 0.05) is 25.3 Å². The van der Waals surface area contributed by atoms with Gasteiger partial charge in [-0.1, -0.05) is 30.3 Å². The van der Waals surface area contributed by atoms with E-state index in [1.807, 2.05) is 37.3 Å². The van der Waals surface area contributed by atoms with E-state index in [1.165, 1.54) is 0 Å². The summed E-state index contributed by atoms with van der Waals surface area (Å²) < 4.78 is 5.48. The van der Waals surface area contributed by atoms with Gasteiger partial charge in [-0.25, -0.2) is 9.78 Å². The molecule has 2 amide bonds. The smallest absolute Gasteiger partial charge is 0.320 e. The molecule has 0 aliphatic rings. The Morgan fingerprint density at radius 1 is 1.35 bits per heavy atom. The number of ether oxygens (including phenoxy) is 1. The second-order valence-electron chi connectivity index (χ2n) is 5.80. The maximum absolute atomic E-state index is 12.2. The Bertz CT molecular complexity index is 866. The van der Waals surface area contributed by atoms with Crippen LogP contribution in [0.3, 0.4) is 0 Å². The zero-order valence-electron chi connectivity index (χ0n) is 14.4. The Morgan fingerprint density at radius 2 is 2.15 bits per heavy atom. The van der Waals surface area contributed by atoms with E-state index in [0.29, 0.717) is 35.6 Å². The molecule has 1 aromatic carbocycles. The number of nitrogens with one attached hydrogen (secondary N) is 3. The van der Waals surface area contributed by atoms with Crippen molar-refractivity contribution >= 4 is 22.8 Å². The Labute approximate surface area is 150 Å². The lowest BCUT2D eigenvalue weighted by molar-refractivity contribution is 0.230. The number of aliphatic hydroxyl groups excluding tert-OH is 1. The molecule has 0 spiro atoms. The van der Waals surface area contributed by atoms with E-state index in [0.717, 1.165) is 5.56 Å². The molecule has 0 aliphatic carbocycles. The lowest BCUT2D eigenvalue weighted by Gasteiger charge is -2.14. The van der Waals surface area contributed by atoms with E-state index >= 15 is 0 Å². The van der Waals surface area contributed by atoms with Gasteiger partial charge in [-0.15, -0.1) is 5.10 Å². The molecular weight excluding hydrogens is 334 g/mol. The number of hydrogen-bond acceptors (Lipinski definition) is 5. The summed E-state index contributed by atoms with van der Waals surface area (Å²) in [6.07, 6.45) is 2.12. The number of aromatic nitrogens is 3. The molecule has 0 radical (unpaired) electrons. The normalized spacial score (nSPS) is 11.9. The summed E-state index contributed by atoms with van der Waals surface area (Å²) in [5, 5.41) is 22.0. The molecule has 0 bridgehead atoms. The van der Waals surface area contributed by atoms with Crippen molar-refractivity contribution in [3.63, 3.8) is 0 Å². The van der Waals surface area contributed by atoms with Crippen LogP contribution >= 0.6 is 0 Å². The second kappa shape index (κ2) is 8.30. The van der Waals surface area contributed by atoms with Crippen LogP contribution in [-0.4, -0.2) is 39.5 Å². The first-order valence-electron chi connectivity index (χ1n) is 8.37. The summed E-state index contributed by atoms with van der Waals surface area (Å²) in [6.45, 7) is 2.35. The third-order valence-electron chi connectivity index (χ3n) is 3.84. The number of carbonyl (C=O) groups is 1. The molecule has 136 valence electrons. The minimum absolute atomic E-state index is 0.0607. The molecule has 1 atom stereocenters. The van der Waals surface area contributed by atoms with Gasteiger partial charge >= 0.3 is 6.03 Å². The van der Waals surface area contributed by atoms with Crippen LogP contribution in [0.5, 0.6) is 5.88 Å². The van der Waals surface area contributed by atoms with Crippen molar-refractivity contribution < 1.29 is 14.6 Å². The van der Waals surface area contributed by atoms with Crippen LogP contribution in [0, 0.1) is 0 Å². The van der Waals surface area contributed by atoms with Crippen molar-refractivity contribution in [3.8, 4) is 5.88 Å². The van der Waals surface area contributed by atoms with Crippen LogP contribution < -0.4 is 15.4 Å². The van der Waals surface area contributed by atoms with Crippen molar-refractivity contribution in [3.05, 3.63) is 48.2 Å². The molecule has 1 unspecified atom stereocenters. The van der Waals surface area contributed by atoms with Crippen molar-refractivity contribution in [2.24, 2.45) is 0 Å². The number of carbonyl (C=O) groups excluding carboxylic acids is 1. The topological polar surface area (TPSA) is 112 Å². The Morgan fingerprint density at radius 3 is 2.92 bits per heavy atom. The van der Waals surface area contributed by atoms with E-state index < -0.39 is 0 Å². The largest absolute Gasteiger partial charge is 0.476 e. The quantitative estimate of drug-likeness (QED) is 0.487. The first-order valence-corrected chi connectivity index (χ1v) is 8.37. The summed E-state index contributed by atoms with van der Waals surface area (Å²) in [7, 11) is 0. The van der Waals surface area contributed by atoms with Gasteiger partial charge in [-0.2, -0.15) is 0 Å².